The zero-order valence-electron chi connectivity index (χ0n) is 10.9. The first-order chi connectivity index (χ1) is 8.83. The van der Waals surface area contributed by atoms with Crippen LogP contribution in [-0.4, -0.2) is 27.5 Å². The lowest BCUT2D eigenvalue weighted by atomic mass is 10.3. The minimum absolute atomic E-state index is 0.104. The van der Waals surface area contributed by atoms with Crippen molar-refractivity contribution in [3.8, 4) is 0 Å². The summed E-state index contributed by atoms with van der Waals surface area (Å²) in [4.78, 5) is -0.104. The fraction of sp³-hybridized carbons (Fsp3) is 0.500. The molecule has 0 aliphatic heterocycles. The topological polar surface area (TPSA) is 58.2 Å². The maximum absolute atomic E-state index is 12.9. The van der Waals surface area contributed by atoms with Gasteiger partial charge < -0.3 is 5.32 Å². The van der Waals surface area contributed by atoms with Crippen LogP contribution in [0, 0.1) is 5.82 Å². The second kappa shape index (κ2) is 7.19. The van der Waals surface area contributed by atoms with Crippen LogP contribution in [0.25, 0.3) is 0 Å². The van der Waals surface area contributed by atoms with Crippen LogP contribution in [0.1, 0.15) is 20.3 Å². The highest BCUT2D eigenvalue weighted by Gasteiger charge is 2.17. The van der Waals surface area contributed by atoms with Crippen LogP contribution < -0.4 is 10.0 Å². The average molecular weight is 309 g/mol. The third-order valence-corrected chi connectivity index (χ3v) is 4.33. The Kier molecular flexibility index (Phi) is 6.19. The molecule has 1 aromatic rings. The molecule has 108 valence electrons. The fourth-order valence-corrected chi connectivity index (χ4v) is 3.06. The van der Waals surface area contributed by atoms with Crippen molar-refractivity contribution < 1.29 is 12.8 Å². The van der Waals surface area contributed by atoms with E-state index in [1.807, 2.05) is 13.8 Å². The van der Waals surface area contributed by atoms with E-state index in [4.69, 9.17) is 11.6 Å². The van der Waals surface area contributed by atoms with Crippen molar-refractivity contribution in [3.05, 3.63) is 29.0 Å². The molecule has 0 aliphatic carbocycles. The van der Waals surface area contributed by atoms with Gasteiger partial charge in [-0.2, -0.15) is 0 Å². The molecule has 0 aliphatic rings. The minimum atomic E-state index is -3.68. The van der Waals surface area contributed by atoms with E-state index < -0.39 is 15.8 Å². The number of halogens is 2. The van der Waals surface area contributed by atoms with Crippen LogP contribution in [0.15, 0.2) is 23.1 Å². The average Bonchev–Trinajstić information content (AvgIpc) is 2.27. The van der Waals surface area contributed by atoms with Crippen LogP contribution >= 0.6 is 11.6 Å². The minimum Gasteiger partial charge on any atom is -0.314 e. The van der Waals surface area contributed by atoms with E-state index in [1.165, 1.54) is 0 Å². The van der Waals surface area contributed by atoms with Crippen LogP contribution in [-0.2, 0) is 10.0 Å². The molecule has 0 saturated heterocycles. The molecule has 0 heterocycles. The van der Waals surface area contributed by atoms with Crippen molar-refractivity contribution in [1.29, 1.82) is 0 Å². The molecule has 0 saturated carbocycles. The lowest BCUT2D eigenvalue weighted by molar-refractivity contribution is 0.554. The molecule has 1 aromatic carbocycles. The van der Waals surface area contributed by atoms with Crippen molar-refractivity contribution in [2.24, 2.45) is 0 Å². The predicted octanol–water partition coefficient (Wildman–Crippen LogP) is 2.15. The van der Waals surface area contributed by atoms with Gasteiger partial charge in [-0.25, -0.2) is 17.5 Å². The quantitative estimate of drug-likeness (QED) is 0.759. The van der Waals surface area contributed by atoms with Gasteiger partial charge in [-0.15, -0.1) is 0 Å². The Bertz CT molecular complexity index is 520. The zero-order valence-corrected chi connectivity index (χ0v) is 12.5. The highest BCUT2D eigenvalue weighted by molar-refractivity contribution is 7.89. The van der Waals surface area contributed by atoms with Crippen molar-refractivity contribution >= 4 is 21.6 Å². The summed E-state index contributed by atoms with van der Waals surface area (Å²) in [6, 6.07) is 3.58. The first-order valence-corrected chi connectivity index (χ1v) is 7.87. The van der Waals surface area contributed by atoms with E-state index >= 15 is 0 Å². The Morgan fingerprint density at radius 2 is 2.00 bits per heavy atom. The highest BCUT2D eigenvalue weighted by atomic mass is 35.5. The third-order valence-electron chi connectivity index (χ3n) is 2.38. The van der Waals surface area contributed by atoms with E-state index in [9.17, 15) is 12.8 Å². The molecule has 7 heteroatoms. The molecule has 0 aromatic heterocycles. The molecule has 0 atom stereocenters. The molecule has 19 heavy (non-hydrogen) atoms. The van der Waals surface area contributed by atoms with Gasteiger partial charge in [-0.1, -0.05) is 25.4 Å². The second-order valence-corrected chi connectivity index (χ2v) is 6.58. The first-order valence-electron chi connectivity index (χ1n) is 6.01. The normalized spacial score (nSPS) is 12.1. The van der Waals surface area contributed by atoms with Gasteiger partial charge in [-0.05, 0) is 31.2 Å². The third kappa shape index (κ3) is 5.44. The number of hydrogen-bond donors (Lipinski definition) is 2. The standard InChI is InChI=1S/C12H18ClFN2O2S/c1-9(2)15-6-3-7-16-19(17,18)12-5-4-10(14)8-11(12)13/h4-5,8-9,15-16H,3,6-7H2,1-2H3. The molecule has 0 unspecified atom stereocenters. The Morgan fingerprint density at radius 3 is 2.58 bits per heavy atom. The molecule has 4 nitrogen and oxygen atoms in total. The van der Waals surface area contributed by atoms with Crippen molar-refractivity contribution in [2.45, 2.75) is 31.2 Å². The first kappa shape index (κ1) is 16.4. The summed E-state index contributed by atoms with van der Waals surface area (Å²) >= 11 is 5.72. The van der Waals surface area contributed by atoms with Gasteiger partial charge in [0.1, 0.15) is 10.7 Å². The number of nitrogens with one attached hydrogen (secondary N) is 2. The van der Waals surface area contributed by atoms with Crippen LogP contribution in [0.3, 0.4) is 0 Å². The largest absolute Gasteiger partial charge is 0.314 e. The SMILES string of the molecule is CC(C)NCCCNS(=O)(=O)c1ccc(F)cc1Cl. The van der Waals surface area contributed by atoms with Crippen molar-refractivity contribution in [1.82, 2.24) is 10.0 Å². The molecule has 0 amide bonds. The van der Waals surface area contributed by atoms with Gasteiger partial charge in [0.05, 0.1) is 5.02 Å². The fourth-order valence-electron chi connectivity index (χ4n) is 1.46. The van der Waals surface area contributed by atoms with Gasteiger partial charge in [0.25, 0.3) is 0 Å². The Balaban J connectivity index is 2.56. The molecule has 0 fully saturated rings. The molecular weight excluding hydrogens is 291 g/mol. The Labute approximate surface area is 118 Å². The summed E-state index contributed by atoms with van der Waals surface area (Å²) in [7, 11) is -3.68. The van der Waals surface area contributed by atoms with E-state index in [2.05, 4.69) is 10.0 Å². The van der Waals surface area contributed by atoms with Gasteiger partial charge >= 0.3 is 0 Å². The molecule has 2 N–H and O–H groups in total. The van der Waals surface area contributed by atoms with Crippen LogP contribution in [0.4, 0.5) is 4.39 Å². The molecule has 1 rings (SSSR count). The summed E-state index contributed by atoms with van der Waals surface area (Å²) in [5.74, 6) is -0.565. The lowest BCUT2D eigenvalue weighted by Crippen LogP contribution is -2.29. The van der Waals surface area contributed by atoms with Gasteiger partial charge in [0.15, 0.2) is 0 Å². The summed E-state index contributed by atoms with van der Waals surface area (Å²) in [6.45, 7) is 5.05. The monoisotopic (exact) mass is 308 g/mol. The molecular formula is C12H18ClFN2O2S. The summed E-state index contributed by atoms with van der Waals surface area (Å²) in [6.07, 6.45) is 0.663. The molecule has 0 bridgehead atoms. The van der Waals surface area contributed by atoms with E-state index in [-0.39, 0.29) is 9.92 Å². The summed E-state index contributed by atoms with van der Waals surface area (Å²) < 4.78 is 39.1. The maximum atomic E-state index is 12.9. The van der Waals surface area contributed by atoms with Crippen molar-refractivity contribution in [3.63, 3.8) is 0 Å². The zero-order chi connectivity index (χ0) is 14.5. The second-order valence-electron chi connectivity index (χ2n) is 4.43. The number of sulfonamides is 1. The van der Waals surface area contributed by atoms with E-state index in [1.54, 1.807) is 0 Å². The van der Waals surface area contributed by atoms with E-state index in [0.29, 0.717) is 19.0 Å². The Hall–Kier alpha value is -0.690. The van der Waals surface area contributed by atoms with Crippen molar-refractivity contribution in [2.75, 3.05) is 13.1 Å². The van der Waals surface area contributed by atoms with Gasteiger partial charge in [0.2, 0.25) is 10.0 Å². The summed E-state index contributed by atoms with van der Waals surface area (Å²) in [5.41, 5.74) is 0. The lowest BCUT2D eigenvalue weighted by Gasteiger charge is -2.10. The van der Waals surface area contributed by atoms with Gasteiger partial charge in [-0.3, -0.25) is 0 Å². The predicted molar refractivity (Wildman–Crippen MR) is 74.4 cm³/mol. The smallest absolute Gasteiger partial charge is 0.242 e. The highest BCUT2D eigenvalue weighted by Crippen LogP contribution is 2.21. The molecule has 0 radical (unpaired) electrons. The summed E-state index contributed by atoms with van der Waals surface area (Å²) in [5, 5.41) is 3.06. The number of rotatable bonds is 7. The molecule has 0 spiro atoms. The Morgan fingerprint density at radius 1 is 1.32 bits per heavy atom. The van der Waals surface area contributed by atoms with Crippen LogP contribution in [0.2, 0.25) is 5.02 Å². The van der Waals surface area contributed by atoms with Gasteiger partial charge in [0, 0.05) is 12.6 Å². The maximum Gasteiger partial charge on any atom is 0.242 e. The van der Waals surface area contributed by atoms with E-state index in [0.717, 1.165) is 24.7 Å². The number of benzene rings is 1. The number of hydrogen-bond acceptors (Lipinski definition) is 3. The van der Waals surface area contributed by atoms with Crippen LogP contribution in [0.5, 0.6) is 0 Å².